The number of nitrogens with zero attached hydrogens (tertiary/aromatic N) is 2. The van der Waals surface area contributed by atoms with E-state index in [9.17, 15) is 9.59 Å². The van der Waals surface area contributed by atoms with Gasteiger partial charge in [-0.1, -0.05) is 83.9 Å². The van der Waals surface area contributed by atoms with Gasteiger partial charge in [-0.2, -0.15) is 0 Å². The molecule has 210 valence electrons. The number of hydrogen-bond acceptors (Lipinski definition) is 7. The number of nitrogens with two attached hydrogens (primary N) is 2. The Balaban J connectivity index is 1.64. The first kappa shape index (κ1) is 28.2. The lowest BCUT2D eigenvalue weighted by molar-refractivity contribution is 0.0724. The molecule has 1 spiro atoms. The fourth-order valence-corrected chi connectivity index (χ4v) is 8.32. The highest BCUT2D eigenvalue weighted by atomic mass is 35.5. The molecule has 4 unspecified atom stereocenters. The fourth-order valence-electron chi connectivity index (χ4n) is 6.13. The zero-order valence-corrected chi connectivity index (χ0v) is 24.6. The number of amidine groups is 2. The molecule has 4 atom stereocenters. The maximum atomic E-state index is 14.7. The summed E-state index contributed by atoms with van der Waals surface area (Å²) in [6.07, 6.45) is 0. The summed E-state index contributed by atoms with van der Waals surface area (Å²) in [6, 6.07) is 32.9. The van der Waals surface area contributed by atoms with Crippen molar-refractivity contribution in [2.24, 2.45) is 38.9 Å². The molecule has 4 aromatic rings. The smallest absolute Gasteiger partial charge is 0.168 e. The van der Waals surface area contributed by atoms with E-state index in [0.29, 0.717) is 21.2 Å². The molecule has 1 fully saturated rings. The molecule has 0 amide bonds. The van der Waals surface area contributed by atoms with Gasteiger partial charge in [0.2, 0.25) is 0 Å². The molecule has 2 heterocycles. The molecule has 0 bridgehead atoms. The van der Waals surface area contributed by atoms with E-state index in [1.54, 1.807) is 60.3 Å². The number of rotatable bonds is 6. The average molecular weight is 614 g/mol. The fraction of sp³-hybridized carbons (Fsp3) is 0.152. The second-order valence-electron chi connectivity index (χ2n) is 10.3. The van der Waals surface area contributed by atoms with Crippen molar-refractivity contribution in [2.75, 3.05) is 0 Å². The molecular weight excluding hydrogens is 587 g/mol. The Morgan fingerprint density at radius 1 is 0.595 bits per heavy atom. The number of ketones is 2. The SMILES string of the molecule is NC1=NN=C(N)C12C(C(=O)c1ccc(Cl)cc1)C(c1ccccc1)SC(c1ccccc1)C2C(=O)c1ccc(Cl)cc1. The lowest BCUT2D eigenvalue weighted by Crippen LogP contribution is -2.63. The predicted octanol–water partition coefficient (Wildman–Crippen LogP) is 7.15. The molecule has 42 heavy (non-hydrogen) atoms. The molecule has 0 saturated carbocycles. The Labute approximate surface area is 257 Å². The van der Waals surface area contributed by atoms with E-state index in [4.69, 9.17) is 34.7 Å². The van der Waals surface area contributed by atoms with Gasteiger partial charge in [0.05, 0.1) is 11.8 Å². The number of hydrogen-bond donors (Lipinski definition) is 2. The first-order chi connectivity index (χ1) is 20.3. The molecule has 0 aliphatic carbocycles. The Kier molecular flexibility index (Phi) is 7.66. The van der Waals surface area contributed by atoms with Crippen LogP contribution in [0.15, 0.2) is 119 Å². The summed E-state index contributed by atoms with van der Waals surface area (Å²) in [7, 11) is 0. The van der Waals surface area contributed by atoms with E-state index >= 15 is 0 Å². The molecular formula is C33H26Cl2N4O2S. The van der Waals surface area contributed by atoms with Crippen LogP contribution in [-0.4, -0.2) is 23.2 Å². The monoisotopic (exact) mass is 612 g/mol. The number of thioether (sulfide) groups is 1. The van der Waals surface area contributed by atoms with E-state index in [1.807, 2.05) is 60.7 Å². The minimum atomic E-state index is -1.51. The van der Waals surface area contributed by atoms with Gasteiger partial charge in [-0.05, 0) is 59.7 Å². The van der Waals surface area contributed by atoms with Gasteiger partial charge in [-0.25, -0.2) is 0 Å². The van der Waals surface area contributed by atoms with E-state index in [1.165, 1.54) is 0 Å². The van der Waals surface area contributed by atoms with Crippen LogP contribution in [0.3, 0.4) is 0 Å². The zero-order chi connectivity index (χ0) is 29.4. The van der Waals surface area contributed by atoms with Gasteiger partial charge in [0.15, 0.2) is 11.6 Å². The molecule has 4 N–H and O–H groups in total. The lowest BCUT2D eigenvalue weighted by atomic mass is 9.57. The molecule has 6 rings (SSSR count). The van der Waals surface area contributed by atoms with Gasteiger partial charge in [0.25, 0.3) is 0 Å². The Hall–Kier alpha value is -3.91. The Morgan fingerprint density at radius 3 is 1.31 bits per heavy atom. The molecule has 1 saturated heterocycles. The Morgan fingerprint density at radius 2 is 0.952 bits per heavy atom. The second kappa shape index (κ2) is 11.4. The summed E-state index contributed by atoms with van der Waals surface area (Å²) < 4.78 is 0. The van der Waals surface area contributed by atoms with Crippen LogP contribution in [0.1, 0.15) is 42.3 Å². The number of carbonyl (C=O) groups is 2. The maximum Gasteiger partial charge on any atom is 0.168 e. The third-order valence-electron chi connectivity index (χ3n) is 8.07. The first-order valence-corrected chi connectivity index (χ1v) is 15.0. The molecule has 0 aromatic heterocycles. The van der Waals surface area contributed by atoms with Gasteiger partial charge < -0.3 is 11.5 Å². The highest BCUT2D eigenvalue weighted by molar-refractivity contribution is 7.99. The average Bonchev–Trinajstić information content (AvgIpc) is 3.30. The van der Waals surface area contributed by atoms with Crippen LogP contribution >= 0.6 is 35.0 Å². The van der Waals surface area contributed by atoms with Gasteiger partial charge >= 0.3 is 0 Å². The highest BCUT2D eigenvalue weighted by Crippen LogP contribution is 2.65. The number of benzene rings is 4. The van der Waals surface area contributed by atoms with Crippen molar-refractivity contribution in [2.45, 2.75) is 10.5 Å². The number of halogens is 2. The molecule has 2 aliphatic rings. The quantitative estimate of drug-likeness (QED) is 0.225. The summed E-state index contributed by atoms with van der Waals surface area (Å²) in [6.45, 7) is 0. The molecule has 4 aromatic carbocycles. The predicted molar refractivity (Wildman–Crippen MR) is 170 cm³/mol. The number of carbonyl (C=O) groups excluding carboxylic acids is 2. The highest BCUT2D eigenvalue weighted by Gasteiger charge is 2.67. The van der Waals surface area contributed by atoms with Crippen LogP contribution in [0.5, 0.6) is 0 Å². The summed E-state index contributed by atoms with van der Waals surface area (Å²) in [5.41, 5.74) is 14.7. The zero-order valence-electron chi connectivity index (χ0n) is 22.2. The van der Waals surface area contributed by atoms with Crippen molar-refractivity contribution < 1.29 is 9.59 Å². The van der Waals surface area contributed by atoms with Crippen LogP contribution < -0.4 is 11.5 Å². The van der Waals surface area contributed by atoms with E-state index in [0.717, 1.165) is 11.1 Å². The second-order valence-corrected chi connectivity index (χ2v) is 12.5. The van der Waals surface area contributed by atoms with Crippen molar-refractivity contribution in [3.05, 3.63) is 141 Å². The number of Topliss-reactive ketones (excluding diaryl/α,β-unsaturated/α-hetero) is 2. The normalized spacial score (nSPS) is 22.8. The van der Waals surface area contributed by atoms with Crippen molar-refractivity contribution in [3.63, 3.8) is 0 Å². The largest absolute Gasteiger partial charge is 0.385 e. The molecule has 6 nitrogen and oxygen atoms in total. The van der Waals surface area contributed by atoms with E-state index < -0.39 is 27.8 Å². The van der Waals surface area contributed by atoms with Crippen molar-refractivity contribution in [1.82, 2.24) is 0 Å². The van der Waals surface area contributed by atoms with Gasteiger partial charge in [0, 0.05) is 31.7 Å². The summed E-state index contributed by atoms with van der Waals surface area (Å²) in [5, 5.41) is 8.57. The summed E-state index contributed by atoms with van der Waals surface area (Å²) in [4.78, 5) is 29.5. The van der Waals surface area contributed by atoms with Crippen LogP contribution in [0.2, 0.25) is 10.0 Å². The van der Waals surface area contributed by atoms with Crippen molar-refractivity contribution >= 4 is 58.2 Å². The topological polar surface area (TPSA) is 111 Å². The molecule has 0 radical (unpaired) electrons. The van der Waals surface area contributed by atoms with Crippen LogP contribution in [0.4, 0.5) is 0 Å². The summed E-state index contributed by atoms with van der Waals surface area (Å²) >= 11 is 13.9. The van der Waals surface area contributed by atoms with Crippen molar-refractivity contribution in [3.8, 4) is 0 Å². The first-order valence-electron chi connectivity index (χ1n) is 13.3. The Bertz CT molecular complexity index is 1570. The third-order valence-corrected chi connectivity index (χ3v) is 10.3. The molecule has 2 aliphatic heterocycles. The van der Waals surface area contributed by atoms with E-state index in [2.05, 4.69) is 10.2 Å². The standard InChI is InChI=1S/C33H26Cl2N4O2S/c34-23-15-11-19(12-16-23)27(40)25-29(21-7-3-1-4-8-21)42-30(22-9-5-2-6-10-22)26(33(25)31(36)38-39-32(33)37)28(41)20-13-17-24(35)18-14-20/h1-18,25-26,29-30H,(H2,36,38)(H2,37,39). The van der Waals surface area contributed by atoms with Crippen LogP contribution in [-0.2, 0) is 0 Å². The minimum absolute atomic E-state index is 0.0433. The minimum Gasteiger partial charge on any atom is -0.385 e. The van der Waals surface area contributed by atoms with Crippen LogP contribution in [0, 0.1) is 17.3 Å². The maximum absolute atomic E-state index is 14.7. The van der Waals surface area contributed by atoms with Crippen LogP contribution in [0.25, 0.3) is 0 Å². The van der Waals surface area contributed by atoms with E-state index in [-0.39, 0.29) is 23.2 Å². The summed E-state index contributed by atoms with van der Waals surface area (Å²) in [5.74, 6) is -2.20. The van der Waals surface area contributed by atoms with Gasteiger partial charge in [-0.3, -0.25) is 9.59 Å². The molecule has 9 heteroatoms. The third kappa shape index (κ3) is 4.71. The van der Waals surface area contributed by atoms with Gasteiger partial charge in [0.1, 0.15) is 17.1 Å². The van der Waals surface area contributed by atoms with Gasteiger partial charge in [-0.15, -0.1) is 22.0 Å². The van der Waals surface area contributed by atoms with Crippen molar-refractivity contribution in [1.29, 1.82) is 0 Å². The lowest BCUT2D eigenvalue weighted by Gasteiger charge is -2.52.